The molecule has 1 fully saturated rings. The van der Waals surface area contributed by atoms with Gasteiger partial charge in [0, 0.05) is 38.8 Å². The van der Waals surface area contributed by atoms with Crippen molar-refractivity contribution in [2.75, 3.05) is 37.5 Å². The van der Waals surface area contributed by atoms with Crippen LogP contribution in [-0.2, 0) is 10.0 Å². The Balaban J connectivity index is 1.46. The molecule has 0 aliphatic carbocycles. The Morgan fingerprint density at radius 1 is 0.794 bits per heavy atom. The molecule has 1 heterocycles. The Morgan fingerprint density at radius 3 is 2.03 bits per heavy atom. The van der Waals surface area contributed by atoms with Crippen molar-refractivity contribution < 1.29 is 23.1 Å². The predicted molar refractivity (Wildman–Crippen MR) is 128 cm³/mol. The minimum absolute atomic E-state index is 0.0260. The summed E-state index contributed by atoms with van der Waals surface area (Å²) in [5.41, 5.74) is 1.01. The first-order valence-corrected chi connectivity index (χ1v) is 12.2. The molecule has 4 rings (SSSR count). The van der Waals surface area contributed by atoms with Crippen molar-refractivity contribution in [3.05, 3.63) is 90.0 Å². The lowest BCUT2D eigenvalue weighted by molar-refractivity contribution is 0.0533. The highest BCUT2D eigenvalue weighted by molar-refractivity contribution is 7.92. The van der Waals surface area contributed by atoms with Crippen LogP contribution in [0.3, 0.4) is 0 Å². The van der Waals surface area contributed by atoms with Crippen LogP contribution in [0.2, 0.25) is 0 Å². The summed E-state index contributed by atoms with van der Waals surface area (Å²) >= 11 is 0. The molecule has 1 saturated heterocycles. The van der Waals surface area contributed by atoms with Gasteiger partial charge in [0.1, 0.15) is 5.75 Å². The Labute approximate surface area is 198 Å². The number of carbonyl (C=O) groups excluding carboxylic acids is 2. The summed E-state index contributed by atoms with van der Waals surface area (Å²) in [4.78, 5) is 29.0. The number of sulfonamides is 1. The lowest BCUT2D eigenvalue weighted by atomic mass is 10.1. The highest BCUT2D eigenvalue weighted by Gasteiger charge is 2.28. The smallest absolute Gasteiger partial charge is 0.264 e. The molecule has 0 unspecified atom stereocenters. The van der Waals surface area contributed by atoms with Crippen LogP contribution in [0, 0.1) is 0 Å². The largest absolute Gasteiger partial charge is 0.507 e. The van der Waals surface area contributed by atoms with Gasteiger partial charge in [-0.1, -0.05) is 36.4 Å². The van der Waals surface area contributed by atoms with E-state index in [1.165, 1.54) is 29.6 Å². The topological polar surface area (TPSA) is 98.2 Å². The van der Waals surface area contributed by atoms with Crippen LogP contribution in [0.15, 0.2) is 83.8 Å². The molecule has 1 aliphatic heterocycles. The highest BCUT2D eigenvalue weighted by Crippen LogP contribution is 2.23. The fourth-order valence-corrected chi connectivity index (χ4v) is 5.09. The summed E-state index contributed by atoms with van der Waals surface area (Å²) in [7, 11) is -2.38. The second-order valence-corrected chi connectivity index (χ2v) is 9.91. The summed E-state index contributed by atoms with van der Waals surface area (Å²) in [6, 6.07) is 21.1. The standard InChI is InChI=1S/C25H25N3O5S/c1-26(20-9-3-2-4-10-20)34(32,33)21-11-7-8-19(18-21)24(30)27-14-16-28(17-15-27)25(31)22-12-5-6-13-23(22)29/h2-13,18,29H,14-17H2,1H3. The van der Waals surface area contributed by atoms with E-state index in [1.807, 2.05) is 0 Å². The summed E-state index contributed by atoms with van der Waals surface area (Å²) < 4.78 is 27.4. The van der Waals surface area contributed by atoms with Crippen LogP contribution in [0.4, 0.5) is 5.69 Å². The number of benzene rings is 3. The van der Waals surface area contributed by atoms with Crippen molar-refractivity contribution in [2.24, 2.45) is 0 Å². The first-order valence-electron chi connectivity index (χ1n) is 10.8. The van der Waals surface area contributed by atoms with Gasteiger partial charge in [-0.05, 0) is 42.5 Å². The van der Waals surface area contributed by atoms with Gasteiger partial charge < -0.3 is 14.9 Å². The number of phenols is 1. The number of phenolic OH excluding ortho intramolecular Hbond substituents is 1. The van der Waals surface area contributed by atoms with E-state index in [1.54, 1.807) is 70.5 Å². The Bertz CT molecular complexity index is 1300. The summed E-state index contributed by atoms with van der Waals surface area (Å²) in [6.45, 7) is 1.24. The van der Waals surface area contributed by atoms with Gasteiger partial charge in [-0.3, -0.25) is 13.9 Å². The quantitative estimate of drug-likeness (QED) is 0.607. The molecule has 2 amide bonds. The molecule has 0 bridgehead atoms. The third-order valence-corrected chi connectivity index (χ3v) is 7.63. The van der Waals surface area contributed by atoms with E-state index in [0.717, 1.165) is 0 Å². The molecule has 0 radical (unpaired) electrons. The van der Waals surface area contributed by atoms with Crippen LogP contribution in [0.1, 0.15) is 20.7 Å². The van der Waals surface area contributed by atoms with Crippen LogP contribution in [0.5, 0.6) is 5.75 Å². The lowest BCUT2D eigenvalue weighted by Gasteiger charge is -2.35. The van der Waals surface area contributed by atoms with Crippen LogP contribution in [-0.4, -0.2) is 68.4 Å². The SMILES string of the molecule is CN(c1ccccc1)S(=O)(=O)c1cccc(C(=O)N2CCN(C(=O)c3ccccc3O)CC2)c1. The van der Waals surface area contributed by atoms with Gasteiger partial charge in [0.25, 0.3) is 21.8 Å². The number of piperazine rings is 1. The van der Waals surface area contributed by atoms with Gasteiger partial charge >= 0.3 is 0 Å². The number of para-hydroxylation sites is 2. The number of hydrogen-bond acceptors (Lipinski definition) is 5. The molecule has 1 aliphatic rings. The molecular weight excluding hydrogens is 454 g/mol. The minimum Gasteiger partial charge on any atom is -0.507 e. The van der Waals surface area contributed by atoms with Gasteiger partial charge in [-0.15, -0.1) is 0 Å². The van der Waals surface area contributed by atoms with E-state index in [4.69, 9.17) is 0 Å². The number of anilines is 1. The zero-order valence-corrected chi connectivity index (χ0v) is 19.5. The molecule has 176 valence electrons. The molecule has 0 aromatic heterocycles. The number of nitrogens with zero attached hydrogens (tertiary/aromatic N) is 3. The molecular formula is C25H25N3O5S. The molecule has 0 saturated carbocycles. The molecule has 0 spiro atoms. The molecule has 3 aromatic rings. The van der Waals surface area contributed by atoms with Gasteiger partial charge in [-0.2, -0.15) is 0 Å². The molecule has 1 N–H and O–H groups in total. The van der Waals surface area contributed by atoms with Crippen molar-refractivity contribution in [3.63, 3.8) is 0 Å². The van der Waals surface area contributed by atoms with Gasteiger partial charge in [0.15, 0.2) is 0 Å². The minimum atomic E-state index is -3.85. The summed E-state index contributed by atoms with van der Waals surface area (Å²) in [5, 5.41) is 9.94. The van der Waals surface area contributed by atoms with Crippen LogP contribution < -0.4 is 4.31 Å². The summed E-state index contributed by atoms with van der Waals surface area (Å²) in [6.07, 6.45) is 0. The lowest BCUT2D eigenvalue weighted by Crippen LogP contribution is -2.50. The Morgan fingerprint density at radius 2 is 1.38 bits per heavy atom. The van der Waals surface area contributed by atoms with Gasteiger partial charge in [0.05, 0.1) is 16.1 Å². The number of carbonyl (C=O) groups is 2. The number of aromatic hydroxyl groups is 1. The van der Waals surface area contributed by atoms with E-state index < -0.39 is 10.0 Å². The Hall–Kier alpha value is -3.85. The average Bonchev–Trinajstić information content (AvgIpc) is 2.88. The number of amides is 2. The third kappa shape index (κ3) is 4.60. The summed E-state index contributed by atoms with van der Waals surface area (Å²) in [5.74, 6) is -0.666. The number of hydrogen-bond donors (Lipinski definition) is 1. The van der Waals surface area contributed by atoms with Crippen molar-refractivity contribution in [2.45, 2.75) is 4.90 Å². The van der Waals surface area contributed by atoms with Gasteiger partial charge in [0.2, 0.25) is 0 Å². The molecule has 8 nitrogen and oxygen atoms in total. The first kappa shape index (κ1) is 23.3. The Kier molecular flexibility index (Phi) is 6.56. The maximum absolute atomic E-state index is 13.1. The van der Waals surface area contributed by atoms with Crippen molar-refractivity contribution >= 4 is 27.5 Å². The van der Waals surface area contributed by atoms with Crippen molar-refractivity contribution in [1.29, 1.82) is 0 Å². The zero-order valence-electron chi connectivity index (χ0n) is 18.7. The van der Waals surface area contributed by atoms with Crippen molar-refractivity contribution in [3.8, 4) is 5.75 Å². The molecule has 9 heteroatoms. The second-order valence-electron chi connectivity index (χ2n) is 7.94. The molecule has 0 atom stereocenters. The molecule has 3 aromatic carbocycles. The maximum Gasteiger partial charge on any atom is 0.264 e. The van der Waals surface area contributed by atoms with E-state index >= 15 is 0 Å². The van der Waals surface area contributed by atoms with E-state index in [-0.39, 0.29) is 33.6 Å². The third-order valence-electron chi connectivity index (χ3n) is 5.85. The molecule has 34 heavy (non-hydrogen) atoms. The van der Waals surface area contributed by atoms with E-state index in [2.05, 4.69) is 0 Å². The normalized spacial score (nSPS) is 14.0. The number of rotatable bonds is 5. The maximum atomic E-state index is 13.1. The predicted octanol–water partition coefficient (Wildman–Crippen LogP) is 2.82. The fraction of sp³-hybridized carbons (Fsp3) is 0.200. The first-order chi connectivity index (χ1) is 16.3. The van der Waals surface area contributed by atoms with Crippen LogP contribution in [0.25, 0.3) is 0 Å². The van der Waals surface area contributed by atoms with E-state index in [0.29, 0.717) is 31.9 Å². The van der Waals surface area contributed by atoms with Crippen molar-refractivity contribution in [1.82, 2.24) is 9.80 Å². The van der Waals surface area contributed by atoms with E-state index in [9.17, 15) is 23.1 Å². The van der Waals surface area contributed by atoms with Gasteiger partial charge in [-0.25, -0.2) is 8.42 Å². The second kappa shape index (κ2) is 9.56. The van der Waals surface area contributed by atoms with Crippen LogP contribution >= 0.6 is 0 Å². The highest BCUT2D eigenvalue weighted by atomic mass is 32.2. The monoisotopic (exact) mass is 479 g/mol. The average molecular weight is 480 g/mol. The fourth-order valence-electron chi connectivity index (χ4n) is 3.84. The zero-order chi connectivity index (χ0) is 24.3.